The molecular formula is C14H15Cl2N5O. The molecule has 1 saturated heterocycles. The number of nitrogens with zero attached hydrogens (tertiary/aromatic N) is 4. The zero-order valence-corrected chi connectivity index (χ0v) is 13.3. The lowest BCUT2D eigenvalue weighted by Crippen LogP contribution is -2.41. The van der Waals surface area contributed by atoms with E-state index in [1.165, 1.54) is 6.33 Å². The smallest absolute Gasteiger partial charge is 0.321 e. The lowest BCUT2D eigenvalue weighted by molar-refractivity contribution is 0.180. The maximum atomic E-state index is 12.3. The number of piperidine rings is 1. The van der Waals surface area contributed by atoms with Gasteiger partial charge in [0.25, 0.3) is 0 Å². The van der Waals surface area contributed by atoms with Crippen molar-refractivity contribution in [3.63, 3.8) is 0 Å². The second-order valence-corrected chi connectivity index (χ2v) is 6.05. The first-order chi connectivity index (χ1) is 10.6. The molecule has 0 atom stereocenters. The van der Waals surface area contributed by atoms with E-state index in [0.717, 1.165) is 12.8 Å². The van der Waals surface area contributed by atoms with Crippen molar-refractivity contribution in [2.45, 2.75) is 18.9 Å². The van der Waals surface area contributed by atoms with Gasteiger partial charge in [0.05, 0.1) is 6.04 Å². The van der Waals surface area contributed by atoms with Crippen molar-refractivity contribution < 1.29 is 4.79 Å². The van der Waals surface area contributed by atoms with Crippen LogP contribution in [0.4, 0.5) is 10.5 Å². The van der Waals surface area contributed by atoms with Crippen molar-refractivity contribution in [3.8, 4) is 0 Å². The third kappa shape index (κ3) is 3.51. The molecule has 2 amide bonds. The third-order valence-electron chi connectivity index (χ3n) is 3.68. The van der Waals surface area contributed by atoms with Gasteiger partial charge in [-0.15, -0.1) is 0 Å². The predicted molar refractivity (Wildman–Crippen MR) is 85.3 cm³/mol. The van der Waals surface area contributed by atoms with Gasteiger partial charge in [-0.25, -0.2) is 14.5 Å². The zero-order chi connectivity index (χ0) is 15.5. The molecule has 2 aromatic rings. The SMILES string of the molecule is O=C(Nc1cc(Cl)cc(Cl)c1)N1CCC(n2cncn2)CC1. The Morgan fingerprint density at radius 1 is 1.18 bits per heavy atom. The number of urea groups is 1. The van der Waals surface area contributed by atoms with Crippen LogP contribution < -0.4 is 5.32 Å². The summed E-state index contributed by atoms with van der Waals surface area (Å²) in [5, 5.41) is 7.97. The number of hydrogen-bond acceptors (Lipinski definition) is 3. The van der Waals surface area contributed by atoms with Crippen molar-refractivity contribution in [1.29, 1.82) is 0 Å². The van der Waals surface area contributed by atoms with Crippen molar-refractivity contribution in [3.05, 3.63) is 40.9 Å². The Morgan fingerprint density at radius 2 is 1.86 bits per heavy atom. The molecule has 1 aromatic heterocycles. The van der Waals surface area contributed by atoms with Crippen molar-refractivity contribution in [2.24, 2.45) is 0 Å². The summed E-state index contributed by atoms with van der Waals surface area (Å²) in [5.41, 5.74) is 0.598. The number of carbonyl (C=O) groups excluding carboxylic acids is 1. The highest BCUT2D eigenvalue weighted by molar-refractivity contribution is 6.35. The van der Waals surface area contributed by atoms with Crippen LogP contribution in [-0.2, 0) is 0 Å². The van der Waals surface area contributed by atoms with Crippen LogP contribution in [-0.4, -0.2) is 38.8 Å². The van der Waals surface area contributed by atoms with Crippen LogP contribution >= 0.6 is 23.2 Å². The van der Waals surface area contributed by atoms with E-state index < -0.39 is 0 Å². The topological polar surface area (TPSA) is 63.1 Å². The molecule has 0 spiro atoms. The van der Waals surface area contributed by atoms with Crippen LogP contribution in [0.5, 0.6) is 0 Å². The summed E-state index contributed by atoms with van der Waals surface area (Å²) in [5.74, 6) is 0. The highest BCUT2D eigenvalue weighted by Crippen LogP contribution is 2.24. The van der Waals surface area contributed by atoms with Gasteiger partial charge in [-0.1, -0.05) is 23.2 Å². The first-order valence-corrected chi connectivity index (χ1v) is 7.73. The van der Waals surface area contributed by atoms with E-state index in [9.17, 15) is 4.79 Å². The number of anilines is 1. The lowest BCUT2D eigenvalue weighted by atomic mass is 10.1. The first-order valence-electron chi connectivity index (χ1n) is 6.98. The molecule has 1 N–H and O–H groups in total. The summed E-state index contributed by atoms with van der Waals surface area (Å²) >= 11 is 11.9. The Bertz CT molecular complexity index is 633. The highest BCUT2D eigenvalue weighted by Gasteiger charge is 2.24. The Labute approximate surface area is 138 Å². The second-order valence-electron chi connectivity index (χ2n) is 5.18. The number of carbonyl (C=O) groups is 1. The molecule has 22 heavy (non-hydrogen) atoms. The van der Waals surface area contributed by atoms with Crippen LogP contribution in [0, 0.1) is 0 Å². The average Bonchev–Trinajstić information content (AvgIpc) is 3.00. The molecule has 0 bridgehead atoms. The van der Waals surface area contributed by atoms with Gasteiger partial charge in [0, 0.05) is 28.8 Å². The second kappa shape index (κ2) is 6.54. The number of hydrogen-bond donors (Lipinski definition) is 1. The van der Waals surface area contributed by atoms with Crippen LogP contribution in [0.15, 0.2) is 30.9 Å². The highest BCUT2D eigenvalue weighted by atomic mass is 35.5. The van der Waals surface area contributed by atoms with Gasteiger partial charge >= 0.3 is 6.03 Å². The maximum absolute atomic E-state index is 12.3. The maximum Gasteiger partial charge on any atom is 0.321 e. The van der Waals surface area contributed by atoms with Crippen LogP contribution in [0.1, 0.15) is 18.9 Å². The summed E-state index contributed by atoms with van der Waals surface area (Å²) in [6, 6.07) is 5.13. The van der Waals surface area contributed by atoms with Crippen LogP contribution in [0.25, 0.3) is 0 Å². The summed E-state index contributed by atoms with van der Waals surface area (Å²) in [7, 11) is 0. The molecule has 0 aliphatic carbocycles. The van der Waals surface area contributed by atoms with Gasteiger partial charge in [0.15, 0.2) is 0 Å². The largest absolute Gasteiger partial charge is 0.324 e. The van der Waals surface area contributed by atoms with Gasteiger partial charge in [0.1, 0.15) is 12.7 Å². The Balaban J connectivity index is 1.58. The molecule has 2 heterocycles. The fraction of sp³-hybridized carbons (Fsp3) is 0.357. The van der Waals surface area contributed by atoms with Gasteiger partial charge in [-0.3, -0.25) is 0 Å². The standard InChI is InChI=1S/C14H15Cl2N5O/c15-10-5-11(16)7-12(6-10)19-14(22)20-3-1-13(2-4-20)21-9-17-8-18-21/h5-9,13H,1-4H2,(H,19,22). The third-order valence-corrected chi connectivity index (χ3v) is 4.11. The monoisotopic (exact) mass is 339 g/mol. The quantitative estimate of drug-likeness (QED) is 0.911. The minimum atomic E-state index is -0.143. The van der Waals surface area contributed by atoms with Gasteiger partial charge < -0.3 is 10.2 Å². The molecular weight excluding hydrogens is 325 g/mol. The van der Waals surface area contributed by atoms with E-state index in [4.69, 9.17) is 23.2 Å². The summed E-state index contributed by atoms with van der Waals surface area (Å²) < 4.78 is 1.85. The van der Waals surface area contributed by atoms with E-state index in [-0.39, 0.29) is 6.03 Å². The number of nitrogens with one attached hydrogen (secondary N) is 1. The van der Waals surface area contributed by atoms with Gasteiger partial charge in [0.2, 0.25) is 0 Å². The molecule has 8 heteroatoms. The summed E-state index contributed by atoms with van der Waals surface area (Å²) in [4.78, 5) is 18.0. The number of aromatic nitrogens is 3. The molecule has 0 radical (unpaired) electrons. The normalized spacial score (nSPS) is 15.8. The lowest BCUT2D eigenvalue weighted by Gasteiger charge is -2.31. The minimum Gasteiger partial charge on any atom is -0.324 e. The van der Waals surface area contributed by atoms with E-state index in [2.05, 4.69) is 15.4 Å². The number of benzene rings is 1. The van der Waals surface area contributed by atoms with E-state index in [1.54, 1.807) is 29.4 Å². The predicted octanol–water partition coefficient (Wildman–Crippen LogP) is 3.45. The Morgan fingerprint density at radius 3 is 2.45 bits per heavy atom. The van der Waals surface area contributed by atoms with Gasteiger partial charge in [-0.05, 0) is 31.0 Å². The number of halogens is 2. The first kappa shape index (κ1) is 15.1. The van der Waals surface area contributed by atoms with Crippen molar-refractivity contribution in [2.75, 3.05) is 18.4 Å². The van der Waals surface area contributed by atoms with E-state index in [0.29, 0.717) is 34.9 Å². The minimum absolute atomic E-state index is 0.143. The molecule has 0 unspecified atom stereocenters. The number of amides is 2. The molecule has 6 nitrogen and oxygen atoms in total. The van der Waals surface area contributed by atoms with E-state index >= 15 is 0 Å². The fourth-order valence-corrected chi connectivity index (χ4v) is 3.09. The Hall–Kier alpha value is -1.79. The molecule has 1 fully saturated rings. The van der Waals surface area contributed by atoms with Crippen LogP contribution in [0.3, 0.4) is 0 Å². The molecule has 3 rings (SSSR count). The molecule has 1 aliphatic rings. The Kier molecular flexibility index (Phi) is 4.49. The molecule has 1 aromatic carbocycles. The van der Waals surface area contributed by atoms with Gasteiger partial charge in [-0.2, -0.15) is 5.10 Å². The summed E-state index contributed by atoms with van der Waals surface area (Å²) in [6.45, 7) is 1.34. The van der Waals surface area contributed by atoms with Crippen LogP contribution in [0.2, 0.25) is 10.0 Å². The average molecular weight is 340 g/mol. The summed E-state index contributed by atoms with van der Waals surface area (Å²) in [6.07, 6.45) is 4.95. The van der Waals surface area contributed by atoms with Crippen molar-refractivity contribution in [1.82, 2.24) is 19.7 Å². The number of likely N-dealkylation sites (tertiary alicyclic amines) is 1. The zero-order valence-electron chi connectivity index (χ0n) is 11.7. The number of rotatable bonds is 2. The molecule has 0 saturated carbocycles. The van der Waals surface area contributed by atoms with Crippen molar-refractivity contribution >= 4 is 34.9 Å². The molecule has 1 aliphatic heterocycles. The molecule has 116 valence electrons. The van der Waals surface area contributed by atoms with E-state index in [1.807, 2.05) is 4.68 Å². The fourth-order valence-electron chi connectivity index (χ4n) is 2.57.